The Morgan fingerprint density at radius 3 is 1.42 bits per heavy atom. The molecule has 2 aromatic rings. The molecule has 0 bridgehead atoms. The zero-order valence-corrected chi connectivity index (χ0v) is 70.3. The number of aliphatic imine (C=N–C) groups is 3. The number of nitrogens with one attached hydrogen (secondary N) is 12. The van der Waals surface area contributed by atoms with E-state index >= 15 is 4.79 Å². The Balaban J connectivity index is 1.60. The molecule has 0 spiro atoms. The van der Waals surface area contributed by atoms with Gasteiger partial charge in [0, 0.05) is 62.8 Å². The summed E-state index contributed by atoms with van der Waals surface area (Å²) in [6, 6.07) is -9.40. The van der Waals surface area contributed by atoms with Crippen LogP contribution in [0.25, 0.3) is 10.9 Å². The van der Waals surface area contributed by atoms with Gasteiger partial charge in [-0.1, -0.05) is 86.6 Å². The number of hydrogen-bond donors (Lipinski definition) is 21. The predicted molar refractivity (Wildman–Crippen MR) is 451 cm³/mol. The molecule has 0 unspecified atom stereocenters. The number of nitrogens with two attached hydrogens (primary N) is 9. The molecule has 118 heavy (non-hydrogen) atoms. The maximum atomic E-state index is 15.1. The Labute approximate surface area is 693 Å². The number of likely N-dealkylation sites (tertiary alicyclic amines) is 2. The summed E-state index contributed by atoms with van der Waals surface area (Å²) in [5.74, 6) is -13.1. The lowest BCUT2D eigenvalue weighted by molar-refractivity contribution is -0.143. The number of hydrogen-bond acceptors (Lipinski definition) is 20. The zero-order chi connectivity index (χ0) is 88.0. The number of para-hydroxylation sites is 1. The van der Waals surface area contributed by atoms with E-state index in [1.807, 2.05) is 32.0 Å². The second kappa shape index (κ2) is 50.7. The average Bonchev–Trinajstić information content (AvgIpc) is 1.63. The number of fused-ring (bicyclic) bond motifs is 1. The van der Waals surface area contributed by atoms with E-state index in [4.69, 9.17) is 51.6 Å². The second-order valence-electron chi connectivity index (χ2n) is 31.1. The smallest absolute Gasteiger partial charge is 0.245 e. The van der Waals surface area contributed by atoms with Gasteiger partial charge in [-0.05, 0) is 150 Å². The molecule has 1 aromatic heterocycles. The molecule has 2 saturated heterocycles. The summed E-state index contributed by atoms with van der Waals surface area (Å²) in [5, 5.41) is 30.6. The van der Waals surface area contributed by atoms with Crippen LogP contribution in [-0.2, 0) is 73.5 Å². The number of unbranched alkanes of at least 4 members (excludes halogenated alkanes) is 1. The van der Waals surface area contributed by atoms with Crippen LogP contribution >= 0.6 is 11.8 Å². The van der Waals surface area contributed by atoms with Crippen molar-refractivity contribution >= 4 is 123 Å². The number of rotatable bonds is 52. The highest BCUT2D eigenvalue weighted by Gasteiger charge is 2.44. The van der Waals surface area contributed by atoms with Crippen LogP contribution in [0.3, 0.4) is 0 Å². The standard InChI is InChI=1S/C77H130N26O14S/c1-11-58(104)91-40-55(98-72(115)61(44(8)9)101-69(112)57-28-20-35-103(57)73(116)51(25-17-32-88-76(83)84)94-65(108)53(37-41(2)3)96-63(106)47(79)22-14-15-30-78)67(110)93-50(29-36-118-10)64(107)99-60(43(6)7)71(114)95-52(26-18-33-89-77(85)86)74(117)102-34-19-27-56(102)68(111)97-54(38-45-39-90-48-23-13-12-21-46(45)48)66(109)100-59(42(4)5)70(113)92-49(62(80)105)24-16-31-87-75(81)82/h11-13,21,23,39,41-44,47,49-57,59-61,90H,1,14-20,22,24-38,40,78-79H2,2-10H3,(H2,80,105)(H,91,104)(H,92,113)(H,93,110)(H,94,108)(H,95,114)(H,96,106)(H,97,111)(H,98,115)(H,99,107)(H,100,109)(H,101,112)(H4,81,82,87)(H4,83,84,88)(H4,85,86,89)/t47-,49-,50-,51-,52-,53-,54-,55-,56-,57-,59-,60-,61-/m0/s1. The fourth-order valence-corrected chi connectivity index (χ4v) is 14.1. The number of carbonyl (C=O) groups is 14. The van der Waals surface area contributed by atoms with Crippen LogP contribution in [-0.4, -0.2) is 252 Å². The summed E-state index contributed by atoms with van der Waals surface area (Å²) >= 11 is 1.32. The zero-order valence-electron chi connectivity index (χ0n) is 69.5. The van der Waals surface area contributed by atoms with Crippen LogP contribution in [0.1, 0.15) is 157 Å². The fourth-order valence-electron chi connectivity index (χ4n) is 13.6. The molecular weight excluding hydrogens is 1550 g/mol. The molecule has 2 aliphatic rings. The SMILES string of the molecule is C=CC(=O)NC[C@H](NC(=O)[C@@H](NC(=O)[C@@H]1CCCN1C(=O)[C@H](CCCN=C(N)N)NC(=O)[C@H](CC(C)C)NC(=O)[C@@H](N)CCCCN)C(C)C)C(=O)N[C@@H](CCSC)C(=O)N[C@H](C(=O)N[C@@H](CCCN=C(N)N)C(=O)N1CCC[C@H]1C(=O)N[C@@H](Cc1c[nH]c2ccccc12)C(=O)N[C@H](C(=O)N[C@@H](CCCN=C(N)N)C(N)=O)C(C)C)C(C)C. The van der Waals surface area contributed by atoms with Crippen molar-refractivity contribution in [1.29, 1.82) is 0 Å². The Kier molecular flexibility index (Phi) is 42.8. The van der Waals surface area contributed by atoms with Gasteiger partial charge < -0.3 is 125 Å². The van der Waals surface area contributed by atoms with Gasteiger partial charge in [0.25, 0.3) is 0 Å². The van der Waals surface area contributed by atoms with E-state index in [1.165, 1.54) is 21.6 Å². The molecule has 30 N–H and O–H groups in total. The second-order valence-corrected chi connectivity index (χ2v) is 32.0. The summed E-state index contributed by atoms with van der Waals surface area (Å²) in [6.07, 6.45) is 7.47. The van der Waals surface area contributed by atoms with Crippen molar-refractivity contribution in [2.24, 2.45) is 90.3 Å². The number of H-pyrrole nitrogens is 1. The molecule has 0 saturated carbocycles. The van der Waals surface area contributed by atoms with Crippen molar-refractivity contribution in [1.82, 2.24) is 73.3 Å². The van der Waals surface area contributed by atoms with E-state index in [1.54, 1.807) is 60.1 Å². The Bertz CT molecular complexity index is 3820. The van der Waals surface area contributed by atoms with Gasteiger partial charge in [0.1, 0.15) is 72.5 Å². The van der Waals surface area contributed by atoms with Gasteiger partial charge in [-0.2, -0.15) is 11.8 Å². The molecule has 14 amide bonds. The molecule has 40 nitrogen and oxygen atoms in total. The molecule has 0 radical (unpaired) electrons. The van der Waals surface area contributed by atoms with Crippen LogP contribution in [0.15, 0.2) is 58.1 Å². The molecule has 13 atom stereocenters. The largest absolute Gasteiger partial charge is 0.370 e. The number of aromatic amines is 1. The molecule has 3 heterocycles. The van der Waals surface area contributed by atoms with Crippen molar-refractivity contribution in [2.75, 3.05) is 57.8 Å². The van der Waals surface area contributed by atoms with E-state index in [2.05, 4.69) is 85.0 Å². The topological polar surface area (TPSA) is 665 Å². The molecular formula is C77H130N26O14S. The number of thioether (sulfide) groups is 1. The number of benzene rings is 1. The monoisotopic (exact) mass is 1670 g/mol. The van der Waals surface area contributed by atoms with E-state index in [0.29, 0.717) is 44.2 Å². The van der Waals surface area contributed by atoms with Crippen molar-refractivity contribution in [3.05, 3.63) is 48.7 Å². The Hall–Kier alpha value is -10.8. The normalized spacial score (nSPS) is 16.7. The van der Waals surface area contributed by atoms with Gasteiger partial charge in [0.15, 0.2) is 17.9 Å². The number of amides is 14. The van der Waals surface area contributed by atoms with E-state index in [9.17, 15) is 62.3 Å². The molecule has 41 heteroatoms. The third-order valence-electron chi connectivity index (χ3n) is 20.1. The lowest BCUT2D eigenvalue weighted by Gasteiger charge is -2.32. The Morgan fingerprint density at radius 2 is 0.941 bits per heavy atom. The minimum absolute atomic E-state index is 0.00795. The van der Waals surface area contributed by atoms with Crippen LogP contribution in [0.4, 0.5) is 0 Å². The average molecular weight is 1680 g/mol. The minimum Gasteiger partial charge on any atom is -0.370 e. The third kappa shape index (κ3) is 32.9. The highest BCUT2D eigenvalue weighted by atomic mass is 32.2. The van der Waals surface area contributed by atoms with Crippen LogP contribution in [0.2, 0.25) is 0 Å². The molecule has 1 aromatic carbocycles. The molecule has 2 fully saturated rings. The predicted octanol–water partition coefficient (Wildman–Crippen LogP) is -4.29. The highest BCUT2D eigenvalue weighted by molar-refractivity contribution is 7.98. The number of primary amides is 1. The lowest BCUT2D eigenvalue weighted by atomic mass is 9.99. The first kappa shape index (κ1) is 99.5. The Morgan fingerprint density at radius 1 is 0.508 bits per heavy atom. The summed E-state index contributed by atoms with van der Waals surface area (Å²) in [5.41, 5.74) is 52.3. The number of nitrogens with zero attached hydrogens (tertiary/aromatic N) is 5. The maximum Gasteiger partial charge on any atom is 0.245 e. The van der Waals surface area contributed by atoms with Crippen LogP contribution < -0.4 is 110 Å². The maximum absolute atomic E-state index is 15.1. The third-order valence-corrected chi connectivity index (χ3v) is 20.7. The van der Waals surface area contributed by atoms with Gasteiger partial charge in [-0.15, -0.1) is 0 Å². The van der Waals surface area contributed by atoms with Crippen molar-refractivity contribution < 1.29 is 67.1 Å². The van der Waals surface area contributed by atoms with Crippen LogP contribution in [0.5, 0.6) is 0 Å². The summed E-state index contributed by atoms with van der Waals surface area (Å²) in [4.78, 5) is 217. The van der Waals surface area contributed by atoms with Crippen LogP contribution in [0, 0.1) is 23.7 Å². The van der Waals surface area contributed by atoms with Gasteiger partial charge in [-0.3, -0.25) is 82.1 Å². The first-order valence-electron chi connectivity index (χ1n) is 40.3. The first-order valence-corrected chi connectivity index (χ1v) is 41.7. The fraction of sp³-hybridized carbons (Fsp3) is 0.649. The van der Waals surface area contributed by atoms with E-state index < -0.39 is 186 Å². The summed E-state index contributed by atoms with van der Waals surface area (Å²) < 4.78 is 0. The molecule has 658 valence electrons. The van der Waals surface area contributed by atoms with Gasteiger partial charge >= 0.3 is 0 Å². The molecule has 4 rings (SSSR count). The lowest BCUT2D eigenvalue weighted by Crippen LogP contribution is -2.62. The number of carbonyl (C=O) groups excluding carboxylic acids is 14. The van der Waals surface area contributed by atoms with Crippen molar-refractivity contribution in [3.63, 3.8) is 0 Å². The molecule has 0 aliphatic carbocycles. The van der Waals surface area contributed by atoms with Gasteiger partial charge in [0.2, 0.25) is 82.7 Å². The first-order chi connectivity index (χ1) is 55.8. The summed E-state index contributed by atoms with van der Waals surface area (Å²) in [7, 11) is 0. The van der Waals surface area contributed by atoms with Gasteiger partial charge in [0.05, 0.1) is 6.04 Å². The number of guanidine groups is 3. The molecule has 2 aliphatic heterocycles. The van der Waals surface area contributed by atoms with Crippen molar-refractivity contribution in [2.45, 2.75) is 237 Å². The minimum atomic E-state index is -1.64. The summed E-state index contributed by atoms with van der Waals surface area (Å²) in [6.45, 7) is 17.2. The van der Waals surface area contributed by atoms with E-state index in [0.717, 1.165) is 17.0 Å². The van der Waals surface area contributed by atoms with Crippen molar-refractivity contribution in [3.8, 4) is 0 Å². The van der Waals surface area contributed by atoms with Gasteiger partial charge in [-0.25, -0.2) is 0 Å². The van der Waals surface area contributed by atoms with E-state index in [-0.39, 0.29) is 133 Å². The highest BCUT2D eigenvalue weighted by Crippen LogP contribution is 2.25. The number of aromatic nitrogens is 1. The quantitative estimate of drug-likeness (QED) is 0.0129.